The molecule has 0 saturated carbocycles. The maximum atomic E-state index is 14.0. The molecule has 158 valence electrons. The quantitative estimate of drug-likeness (QED) is 0.179. The number of nitrogens with one attached hydrogen (secondary N) is 1. The van der Waals surface area contributed by atoms with E-state index in [1.54, 1.807) is 6.07 Å². The summed E-state index contributed by atoms with van der Waals surface area (Å²) in [7, 11) is 0. The molecule has 0 bridgehead atoms. The zero-order chi connectivity index (χ0) is 22.4. The molecule has 10 heteroatoms. The Hall–Kier alpha value is -3.69. The van der Waals surface area contributed by atoms with Gasteiger partial charge in [0.2, 0.25) is 5.91 Å². The second-order valence-corrected chi connectivity index (χ2v) is 5.82. The van der Waals surface area contributed by atoms with Crippen molar-refractivity contribution in [3.05, 3.63) is 64.7 Å². The first-order valence-corrected chi connectivity index (χ1v) is 8.51. The summed E-state index contributed by atoms with van der Waals surface area (Å²) < 4.78 is 59.8. The Morgan fingerprint density at radius 1 is 1.13 bits per heavy atom. The van der Waals surface area contributed by atoms with Gasteiger partial charge in [0.1, 0.15) is 11.3 Å². The number of aliphatic hydroxyl groups excluding tert-OH is 1. The number of aliphatic imine (C=N–C) groups is 1. The lowest BCUT2D eigenvalue weighted by Crippen LogP contribution is -2.13. The summed E-state index contributed by atoms with van der Waals surface area (Å²) in [6.45, 7) is 2.56. The SMILES string of the molecule is CCOC(=O)C(C=Nc1cccc(NC(C)=O)c1)=C(O)c1c(F)c(F)cc(F)c1F. The monoisotopic (exact) mass is 424 g/mol. The van der Waals surface area contributed by atoms with Crippen molar-refractivity contribution in [3.8, 4) is 0 Å². The number of carbonyl (C=O) groups is 2. The topological polar surface area (TPSA) is 88.0 Å². The molecule has 1 amide bonds. The van der Waals surface area contributed by atoms with Crippen LogP contribution in [0.15, 0.2) is 40.9 Å². The highest BCUT2D eigenvalue weighted by molar-refractivity contribution is 6.15. The van der Waals surface area contributed by atoms with Crippen LogP contribution in [0.3, 0.4) is 0 Å². The van der Waals surface area contributed by atoms with Gasteiger partial charge in [-0.25, -0.2) is 22.4 Å². The van der Waals surface area contributed by atoms with E-state index < -0.39 is 46.1 Å². The molecule has 2 aromatic rings. The third-order valence-electron chi connectivity index (χ3n) is 3.61. The Morgan fingerprint density at radius 2 is 1.77 bits per heavy atom. The van der Waals surface area contributed by atoms with Gasteiger partial charge in [-0.2, -0.15) is 0 Å². The lowest BCUT2D eigenvalue weighted by atomic mass is 10.1. The zero-order valence-corrected chi connectivity index (χ0v) is 15.8. The molecule has 0 aromatic heterocycles. The third-order valence-corrected chi connectivity index (χ3v) is 3.61. The van der Waals surface area contributed by atoms with E-state index >= 15 is 0 Å². The van der Waals surface area contributed by atoms with Gasteiger partial charge in [0.15, 0.2) is 23.3 Å². The minimum absolute atomic E-state index is 0.0346. The molecule has 0 radical (unpaired) electrons. The molecule has 0 aliphatic rings. The van der Waals surface area contributed by atoms with Crippen molar-refractivity contribution >= 4 is 35.2 Å². The molecule has 0 atom stereocenters. The van der Waals surface area contributed by atoms with E-state index in [4.69, 9.17) is 4.74 Å². The smallest absolute Gasteiger partial charge is 0.343 e. The fraction of sp³-hybridized carbons (Fsp3) is 0.150. The third kappa shape index (κ3) is 5.22. The Labute approximate surface area is 168 Å². The standard InChI is InChI=1S/C20H16F4N2O4/c1-3-30-20(29)13(9-25-11-5-4-6-12(7-11)26-10(2)27)19(28)16-17(23)14(21)8-15(22)18(16)24/h4-9,28H,3H2,1-2H3,(H,26,27). The van der Waals surface area contributed by atoms with Crippen LogP contribution in [-0.2, 0) is 14.3 Å². The molecule has 0 fully saturated rings. The summed E-state index contributed by atoms with van der Waals surface area (Å²) in [4.78, 5) is 27.2. The van der Waals surface area contributed by atoms with Crippen molar-refractivity contribution < 1.29 is 37.0 Å². The normalized spacial score (nSPS) is 11.9. The van der Waals surface area contributed by atoms with E-state index in [-0.39, 0.29) is 24.3 Å². The number of hydrogen-bond acceptors (Lipinski definition) is 5. The van der Waals surface area contributed by atoms with E-state index in [9.17, 15) is 32.3 Å². The maximum absolute atomic E-state index is 14.0. The van der Waals surface area contributed by atoms with Crippen LogP contribution in [0.4, 0.5) is 28.9 Å². The molecule has 0 aliphatic heterocycles. The number of hydrogen-bond donors (Lipinski definition) is 2. The first-order valence-electron chi connectivity index (χ1n) is 8.51. The number of benzene rings is 2. The fourth-order valence-corrected chi connectivity index (χ4v) is 2.34. The molecule has 0 spiro atoms. The number of esters is 1. The van der Waals surface area contributed by atoms with Crippen LogP contribution in [0.1, 0.15) is 19.4 Å². The van der Waals surface area contributed by atoms with E-state index in [1.807, 2.05) is 0 Å². The predicted octanol–water partition coefficient (Wildman–Crippen LogP) is 4.44. The van der Waals surface area contributed by atoms with Gasteiger partial charge in [0.25, 0.3) is 0 Å². The van der Waals surface area contributed by atoms with Gasteiger partial charge in [-0.1, -0.05) is 6.07 Å². The number of anilines is 1. The molecule has 2 rings (SSSR count). The summed E-state index contributed by atoms with van der Waals surface area (Å²) in [6, 6.07) is 5.91. The minimum atomic E-state index is -1.89. The van der Waals surface area contributed by atoms with Gasteiger partial charge in [-0.15, -0.1) is 0 Å². The average Bonchev–Trinajstić information content (AvgIpc) is 2.67. The van der Waals surface area contributed by atoms with Gasteiger partial charge in [-0.3, -0.25) is 9.79 Å². The second kappa shape index (κ2) is 9.68. The largest absolute Gasteiger partial charge is 0.506 e. The summed E-state index contributed by atoms with van der Waals surface area (Å²) in [5, 5.41) is 12.8. The minimum Gasteiger partial charge on any atom is -0.506 e. The van der Waals surface area contributed by atoms with Gasteiger partial charge in [-0.05, 0) is 25.1 Å². The highest BCUT2D eigenvalue weighted by Crippen LogP contribution is 2.27. The zero-order valence-electron chi connectivity index (χ0n) is 15.8. The predicted molar refractivity (Wildman–Crippen MR) is 101 cm³/mol. The number of rotatable bonds is 6. The number of aliphatic hydroxyl groups is 1. The first kappa shape index (κ1) is 22.6. The molecular formula is C20H16F4N2O4. The van der Waals surface area contributed by atoms with Crippen molar-refractivity contribution in [1.29, 1.82) is 0 Å². The molecule has 0 aliphatic carbocycles. The summed E-state index contributed by atoms with van der Waals surface area (Å²) in [5.41, 5.74) is -1.77. The maximum Gasteiger partial charge on any atom is 0.343 e. The van der Waals surface area contributed by atoms with E-state index in [2.05, 4.69) is 10.3 Å². The first-order chi connectivity index (χ1) is 14.1. The van der Waals surface area contributed by atoms with Crippen molar-refractivity contribution in [1.82, 2.24) is 0 Å². The fourth-order valence-electron chi connectivity index (χ4n) is 2.34. The van der Waals surface area contributed by atoms with Gasteiger partial charge < -0.3 is 15.2 Å². The van der Waals surface area contributed by atoms with Crippen LogP contribution in [0.2, 0.25) is 0 Å². The number of nitrogens with zero attached hydrogens (tertiary/aromatic N) is 1. The van der Waals surface area contributed by atoms with E-state index in [0.717, 1.165) is 6.21 Å². The van der Waals surface area contributed by atoms with Crippen molar-refractivity contribution in [3.63, 3.8) is 0 Å². The van der Waals surface area contributed by atoms with Crippen LogP contribution in [0.25, 0.3) is 5.76 Å². The van der Waals surface area contributed by atoms with E-state index in [0.29, 0.717) is 5.69 Å². The molecular weight excluding hydrogens is 408 g/mol. The summed E-state index contributed by atoms with van der Waals surface area (Å²) in [6.07, 6.45) is 0.724. The van der Waals surface area contributed by atoms with Crippen molar-refractivity contribution in [2.24, 2.45) is 4.99 Å². The van der Waals surface area contributed by atoms with Crippen LogP contribution in [0, 0.1) is 23.3 Å². The van der Waals surface area contributed by atoms with Crippen LogP contribution >= 0.6 is 0 Å². The average molecular weight is 424 g/mol. The number of ether oxygens (including phenoxy) is 1. The van der Waals surface area contributed by atoms with Gasteiger partial charge >= 0.3 is 5.97 Å². The van der Waals surface area contributed by atoms with Gasteiger partial charge in [0.05, 0.1) is 17.9 Å². The lowest BCUT2D eigenvalue weighted by Gasteiger charge is -2.10. The summed E-state index contributed by atoms with van der Waals surface area (Å²) >= 11 is 0. The molecule has 0 saturated heterocycles. The Bertz CT molecular complexity index is 1030. The van der Waals surface area contributed by atoms with Crippen LogP contribution in [0.5, 0.6) is 0 Å². The number of halogens is 4. The number of carbonyl (C=O) groups excluding carboxylic acids is 2. The molecule has 30 heavy (non-hydrogen) atoms. The van der Waals surface area contributed by atoms with Gasteiger partial charge in [0, 0.05) is 24.9 Å². The Morgan fingerprint density at radius 3 is 2.33 bits per heavy atom. The molecule has 6 nitrogen and oxygen atoms in total. The second-order valence-electron chi connectivity index (χ2n) is 5.82. The molecule has 2 N–H and O–H groups in total. The molecule has 0 heterocycles. The van der Waals surface area contributed by atoms with Crippen molar-refractivity contribution in [2.45, 2.75) is 13.8 Å². The van der Waals surface area contributed by atoms with Crippen LogP contribution in [-0.4, -0.2) is 29.8 Å². The Kier molecular flexibility index (Phi) is 7.29. The van der Waals surface area contributed by atoms with Crippen molar-refractivity contribution in [2.75, 3.05) is 11.9 Å². The highest BCUT2D eigenvalue weighted by atomic mass is 19.2. The molecule has 2 aromatic carbocycles. The summed E-state index contributed by atoms with van der Waals surface area (Å²) in [5.74, 6) is -10.3. The number of amides is 1. The van der Waals surface area contributed by atoms with E-state index in [1.165, 1.54) is 32.0 Å². The molecule has 0 unspecified atom stereocenters. The van der Waals surface area contributed by atoms with Crippen LogP contribution < -0.4 is 5.32 Å². The Balaban J connectivity index is 2.59. The highest BCUT2D eigenvalue weighted by Gasteiger charge is 2.26. The lowest BCUT2D eigenvalue weighted by molar-refractivity contribution is -0.137.